The molecule has 2 aliphatic rings. The number of fused-ring (bicyclic) bond motifs is 1. The highest BCUT2D eigenvalue weighted by molar-refractivity contribution is 4.83. The molecule has 1 saturated heterocycles. The standard InChI is InChI=1S/C13H25NO2/c15-8-10-16-9-7-14-6-5-12-3-1-2-4-13(12)11-14/h12-13,15H,1-11H2. The van der Waals surface area contributed by atoms with Crippen molar-refractivity contribution in [2.75, 3.05) is 39.5 Å². The summed E-state index contributed by atoms with van der Waals surface area (Å²) < 4.78 is 5.33. The average Bonchev–Trinajstić information content (AvgIpc) is 2.34. The van der Waals surface area contributed by atoms with E-state index >= 15 is 0 Å². The molecule has 1 N–H and O–H groups in total. The minimum Gasteiger partial charge on any atom is -0.394 e. The summed E-state index contributed by atoms with van der Waals surface area (Å²) in [6.07, 6.45) is 7.21. The Morgan fingerprint density at radius 1 is 1.06 bits per heavy atom. The number of hydrogen-bond acceptors (Lipinski definition) is 3. The largest absolute Gasteiger partial charge is 0.394 e. The molecule has 2 fully saturated rings. The number of nitrogens with zero attached hydrogens (tertiary/aromatic N) is 1. The first-order valence-corrected chi connectivity index (χ1v) is 6.81. The zero-order valence-electron chi connectivity index (χ0n) is 10.2. The van der Waals surface area contributed by atoms with Crippen LogP contribution in [0.5, 0.6) is 0 Å². The molecule has 0 spiro atoms. The maximum atomic E-state index is 8.62. The molecule has 3 heteroatoms. The highest BCUT2D eigenvalue weighted by Crippen LogP contribution is 2.35. The lowest BCUT2D eigenvalue weighted by Gasteiger charge is -2.41. The fraction of sp³-hybridized carbons (Fsp3) is 1.00. The Kier molecular flexibility index (Phi) is 5.07. The predicted octanol–water partition coefficient (Wildman–Crippen LogP) is 1.51. The highest BCUT2D eigenvalue weighted by Gasteiger charge is 2.30. The lowest BCUT2D eigenvalue weighted by atomic mass is 9.75. The van der Waals surface area contributed by atoms with Crippen LogP contribution in [-0.4, -0.2) is 49.5 Å². The van der Waals surface area contributed by atoms with E-state index in [9.17, 15) is 0 Å². The van der Waals surface area contributed by atoms with Crippen LogP contribution in [0.15, 0.2) is 0 Å². The molecular weight excluding hydrogens is 202 g/mol. The van der Waals surface area contributed by atoms with Crippen molar-refractivity contribution >= 4 is 0 Å². The molecule has 0 aromatic heterocycles. The van der Waals surface area contributed by atoms with E-state index in [1.165, 1.54) is 45.2 Å². The summed E-state index contributed by atoms with van der Waals surface area (Å²) in [5.74, 6) is 1.98. The Hall–Kier alpha value is -0.120. The van der Waals surface area contributed by atoms with Crippen LogP contribution >= 0.6 is 0 Å². The summed E-state index contributed by atoms with van der Waals surface area (Å²) in [5.41, 5.74) is 0. The van der Waals surface area contributed by atoms with Crippen LogP contribution in [0.1, 0.15) is 32.1 Å². The number of aliphatic hydroxyl groups excluding tert-OH is 1. The first-order valence-electron chi connectivity index (χ1n) is 6.81. The Labute approximate surface area is 98.8 Å². The minimum atomic E-state index is 0.144. The quantitative estimate of drug-likeness (QED) is 0.723. The smallest absolute Gasteiger partial charge is 0.0698 e. The summed E-state index contributed by atoms with van der Waals surface area (Å²) in [7, 11) is 0. The Balaban J connectivity index is 1.65. The van der Waals surface area contributed by atoms with Crippen LogP contribution in [-0.2, 0) is 4.74 Å². The van der Waals surface area contributed by atoms with E-state index in [-0.39, 0.29) is 6.61 Å². The maximum Gasteiger partial charge on any atom is 0.0698 e. The minimum absolute atomic E-state index is 0.144. The van der Waals surface area contributed by atoms with Gasteiger partial charge in [0.15, 0.2) is 0 Å². The van der Waals surface area contributed by atoms with E-state index in [1.807, 2.05) is 0 Å². The molecule has 0 bridgehead atoms. The Morgan fingerprint density at radius 2 is 1.88 bits per heavy atom. The lowest BCUT2D eigenvalue weighted by Crippen LogP contribution is -2.43. The molecule has 2 rings (SSSR count). The molecule has 94 valence electrons. The molecule has 1 aliphatic heterocycles. The van der Waals surface area contributed by atoms with Crippen molar-refractivity contribution in [1.29, 1.82) is 0 Å². The molecular formula is C13H25NO2. The monoisotopic (exact) mass is 227 g/mol. The van der Waals surface area contributed by atoms with Gasteiger partial charge in [0.05, 0.1) is 19.8 Å². The van der Waals surface area contributed by atoms with E-state index < -0.39 is 0 Å². The fourth-order valence-corrected chi connectivity index (χ4v) is 3.24. The van der Waals surface area contributed by atoms with E-state index in [0.29, 0.717) is 6.61 Å². The molecule has 1 heterocycles. The molecule has 1 saturated carbocycles. The van der Waals surface area contributed by atoms with Crippen LogP contribution in [0.4, 0.5) is 0 Å². The molecule has 16 heavy (non-hydrogen) atoms. The third-order valence-corrected chi connectivity index (χ3v) is 4.16. The third kappa shape index (κ3) is 3.44. The van der Waals surface area contributed by atoms with E-state index in [2.05, 4.69) is 4.90 Å². The van der Waals surface area contributed by atoms with Crippen LogP contribution in [0.25, 0.3) is 0 Å². The van der Waals surface area contributed by atoms with Gasteiger partial charge in [0, 0.05) is 13.1 Å². The summed E-state index contributed by atoms with van der Waals surface area (Å²) in [4.78, 5) is 2.55. The van der Waals surface area contributed by atoms with E-state index in [1.54, 1.807) is 0 Å². The number of rotatable bonds is 5. The second-order valence-electron chi connectivity index (χ2n) is 5.23. The van der Waals surface area contributed by atoms with E-state index in [4.69, 9.17) is 9.84 Å². The predicted molar refractivity (Wildman–Crippen MR) is 64.4 cm³/mol. The van der Waals surface area contributed by atoms with Gasteiger partial charge in [-0.3, -0.25) is 0 Å². The summed E-state index contributed by atoms with van der Waals surface area (Å²) in [6, 6.07) is 0. The number of piperidine rings is 1. The zero-order valence-corrected chi connectivity index (χ0v) is 10.2. The number of hydrogen-bond donors (Lipinski definition) is 1. The molecule has 2 unspecified atom stereocenters. The third-order valence-electron chi connectivity index (χ3n) is 4.16. The van der Waals surface area contributed by atoms with Gasteiger partial charge in [-0.05, 0) is 31.2 Å². The lowest BCUT2D eigenvalue weighted by molar-refractivity contribution is 0.0414. The number of aliphatic hydroxyl groups is 1. The molecule has 3 nitrogen and oxygen atoms in total. The highest BCUT2D eigenvalue weighted by atomic mass is 16.5. The second-order valence-corrected chi connectivity index (χ2v) is 5.23. The molecule has 0 radical (unpaired) electrons. The topological polar surface area (TPSA) is 32.7 Å². The first-order chi connectivity index (χ1) is 7.90. The van der Waals surface area contributed by atoms with Crippen LogP contribution in [0.2, 0.25) is 0 Å². The van der Waals surface area contributed by atoms with Crippen molar-refractivity contribution < 1.29 is 9.84 Å². The van der Waals surface area contributed by atoms with Crippen molar-refractivity contribution in [3.8, 4) is 0 Å². The van der Waals surface area contributed by atoms with Crippen molar-refractivity contribution in [3.63, 3.8) is 0 Å². The number of ether oxygens (including phenoxy) is 1. The Bertz CT molecular complexity index is 198. The van der Waals surface area contributed by atoms with Crippen molar-refractivity contribution in [2.24, 2.45) is 11.8 Å². The fourth-order valence-electron chi connectivity index (χ4n) is 3.24. The van der Waals surface area contributed by atoms with Crippen LogP contribution in [0.3, 0.4) is 0 Å². The van der Waals surface area contributed by atoms with Crippen molar-refractivity contribution in [3.05, 3.63) is 0 Å². The van der Waals surface area contributed by atoms with Gasteiger partial charge in [0.2, 0.25) is 0 Å². The van der Waals surface area contributed by atoms with Crippen LogP contribution in [0, 0.1) is 11.8 Å². The first kappa shape index (κ1) is 12.3. The summed E-state index contributed by atoms with van der Waals surface area (Å²) in [5, 5.41) is 8.62. The van der Waals surface area contributed by atoms with Gasteiger partial charge < -0.3 is 14.7 Å². The second kappa shape index (κ2) is 6.58. The summed E-state index contributed by atoms with van der Waals surface area (Å²) >= 11 is 0. The van der Waals surface area contributed by atoms with Crippen LogP contribution < -0.4 is 0 Å². The summed E-state index contributed by atoms with van der Waals surface area (Å²) in [6.45, 7) is 4.99. The van der Waals surface area contributed by atoms with Gasteiger partial charge in [0.1, 0.15) is 0 Å². The van der Waals surface area contributed by atoms with Gasteiger partial charge in [0.25, 0.3) is 0 Å². The molecule has 0 amide bonds. The molecule has 2 atom stereocenters. The van der Waals surface area contributed by atoms with Gasteiger partial charge in [-0.25, -0.2) is 0 Å². The maximum absolute atomic E-state index is 8.62. The van der Waals surface area contributed by atoms with Crippen molar-refractivity contribution in [2.45, 2.75) is 32.1 Å². The SMILES string of the molecule is OCCOCCN1CCC2CCCCC2C1. The normalized spacial score (nSPS) is 31.3. The van der Waals surface area contributed by atoms with Crippen molar-refractivity contribution in [1.82, 2.24) is 4.90 Å². The molecule has 0 aromatic rings. The number of likely N-dealkylation sites (tertiary alicyclic amines) is 1. The Morgan fingerprint density at radius 3 is 2.69 bits per heavy atom. The van der Waals surface area contributed by atoms with Gasteiger partial charge >= 0.3 is 0 Å². The molecule has 0 aromatic carbocycles. The van der Waals surface area contributed by atoms with Gasteiger partial charge in [-0.15, -0.1) is 0 Å². The average molecular weight is 227 g/mol. The van der Waals surface area contributed by atoms with Gasteiger partial charge in [-0.2, -0.15) is 0 Å². The van der Waals surface area contributed by atoms with E-state index in [0.717, 1.165) is 25.0 Å². The zero-order chi connectivity index (χ0) is 11.2. The van der Waals surface area contributed by atoms with Gasteiger partial charge in [-0.1, -0.05) is 19.3 Å². The molecule has 1 aliphatic carbocycles.